The Morgan fingerprint density at radius 2 is 2.05 bits per heavy atom. The molecule has 114 valence electrons. The van der Waals surface area contributed by atoms with Crippen LogP contribution in [0.5, 0.6) is 0 Å². The maximum Gasteiger partial charge on any atom is 0.141 e. The standard InChI is InChI=1S/C14H27N5S/c1-11(2)7-18(6-5-13(15)20)9-14-16-10-17-19(14)8-12(3)4/h10-12H,5-9H2,1-4H3,(H2,15,20). The molecule has 0 spiro atoms. The maximum absolute atomic E-state index is 5.61. The van der Waals surface area contributed by atoms with Gasteiger partial charge in [-0.3, -0.25) is 4.90 Å². The number of aromatic nitrogens is 3. The monoisotopic (exact) mass is 297 g/mol. The van der Waals surface area contributed by atoms with E-state index >= 15 is 0 Å². The third kappa shape index (κ3) is 6.43. The Labute approximate surface area is 127 Å². The fourth-order valence-electron chi connectivity index (χ4n) is 2.13. The zero-order valence-corrected chi connectivity index (χ0v) is 13.9. The van der Waals surface area contributed by atoms with E-state index in [-0.39, 0.29) is 0 Å². The third-order valence-corrected chi connectivity index (χ3v) is 3.10. The number of thiocarbonyl (C=S) groups is 1. The number of hydrogen-bond acceptors (Lipinski definition) is 4. The first-order chi connectivity index (χ1) is 9.38. The lowest BCUT2D eigenvalue weighted by Gasteiger charge is -2.24. The lowest BCUT2D eigenvalue weighted by Crippen LogP contribution is -2.32. The Hall–Kier alpha value is -1.01. The molecule has 5 nitrogen and oxygen atoms in total. The van der Waals surface area contributed by atoms with Crippen molar-refractivity contribution in [1.29, 1.82) is 0 Å². The van der Waals surface area contributed by atoms with E-state index in [2.05, 4.69) is 42.7 Å². The zero-order valence-electron chi connectivity index (χ0n) is 13.0. The summed E-state index contributed by atoms with van der Waals surface area (Å²) in [6, 6.07) is 0. The summed E-state index contributed by atoms with van der Waals surface area (Å²) in [5.74, 6) is 2.18. The fraction of sp³-hybridized carbons (Fsp3) is 0.786. The Bertz CT molecular complexity index is 413. The first-order valence-corrected chi connectivity index (χ1v) is 7.66. The molecule has 0 aliphatic carbocycles. The lowest BCUT2D eigenvalue weighted by molar-refractivity contribution is 0.231. The van der Waals surface area contributed by atoms with Gasteiger partial charge < -0.3 is 5.73 Å². The molecule has 0 amide bonds. The van der Waals surface area contributed by atoms with Gasteiger partial charge in [-0.2, -0.15) is 5.10 Å². The maximum atomic E-state index is 5.61. The molecule has 20 heavy (non-hydrogen) atoms. The molecule has 1 aromatic rings. The van der Waals surface area contributed by atoms with Crippen molar-refractivity contribution in [2.24, 2.45) is 17.6 Å². The SMILES string of the molecule is CC(C)CN(CCC(N)=S)Cc1ncnn1CC(C)C. The summed E-state index contributed by atoms with van der Waals surface area (Å²) in [6.07, 6.45) is 2.39. The van der Waals surface area contributed by atoms with Gasteiger partial charge in [0.25, 0.3) is 0 Å². The summed E-state index contributed by atoms with van der Waals surface area (Å²) in [4.78, 5) is 7.31. The van der Waals surface area contributed by atoms with Gasteiger partial charge in [-0.1, -0.05) is 39.9 Å². The highest BCUT2D eigenvalue weighted by atomic mass is 32.1. The van der Waals surface area contributed by atoms with Crippen LogP contribution in [0.15, 0.2) is 6.33 Å². The summed E-state index contributed by atoms with van der Waals surface area (Å²) in [5, 5.41) is 4.31. The molecule has 0 fully saturated rings. The van der Waals surface area contributed by atoms with E-state index in [1.165, 1.54) is 0 Å². The Balaban J connectivity index is 2.67. The van der Waals surface area contributed by atoms with Crippen LogP contribution in [0.3, 0.4) is 0 Å². The average molecular weight is 297 g/mol. The topological polar surface area (TPSA) is 60.0 Å². The third-order valence-electron chi connectivity index (χ3n) is 2.90. The summed E-state index contributed by atoms with van der Waals surface area (Å²) in [5.41, 5.74) is 5.61. The van der Waals surface area contributed by atoms with Gasteiger partial charge in [0.1, 0.15) is 12.2 Å². The molecule has 1 heterocycles. The average Bonchev–Trinajstić information content (AvgIpc) is 2.72. The summed E-state index contributed by atoms with van der Waals surface area (Å²) in [6.45, 7) is 12.4. The molecular formula is C14H27N5S. The van der Waals surface area contributed by atoms with E-state index in [1.807, 2.05) is 4.68 Å². The van der Waals surface area contributed by atoms with Crippen molar-refractivity contribution < 1.29 is 0 Å². The van der Waals surface area contributed by atoms with E-state index in [0.717, 1.165) is 38.4 Å². The molecule has 0 atom stereocenters. The Kier molecular flexibility index (Phi) is 7.09. The van der Waals surface area contributed by atoms with Crippen LogP contribution in [0, 0.1) is 11.8 Å². The summed E-state index contributed by atoms with van der Waals surface area (Å²) < 4.78 is 2.00. The summed E-state index contributed by atoms with van der Waals surface area (Å²) >= 11 is 4.98. The van der Waals surface area contributed by atoms with Gasteiger partial charge in [0.2, 0.25) is 0 Å². The van der Waals surface area contributed by atoms with Crippen molar-refractivity contribution in [3.8, 4) is 0 Å². The van der Waals surface area contributed by atoms with Gasteiger partial charge >= 0.3 is 0 Å². The van der Waals surface area contributed by atoms with Crippen molar-refractivity contribution in [1.82, 2.24) is 19.7 Å². The first kappa shape index (κ1) is 17.0. The molecule has 1 aromatic heterocycles. The Morgan fingerprint density at radius 3 is 2.60 bits per heavy atom. The van der Waals surface area contributed by atoms with Crippen molar-refractivity contribution in [2.45, 2.75) is 47.2 Å². The highest BCUT2D eigenvalue weighted by Gasteiger charge is 2.13. The molecule has 0 saturated heterocycles. The molecule has 1 rings (SSSR count). The molecule has 0 unspecified atom stereocenters. The van der Waals surface area contributed by atoms with Crippen LogP contribution in [-0.2, 0) is 13.1 Å². The molecule has 0 aliphatic rings. The van der Waals surface area contributed by atoms with E-state index in [9.17, 15) is 0 Å². The van der Waals surface area contributed by atoms with Gasteiger partial charge in [-0.15, -0.1) is 0 Å². The fourth-order valence-corrected chi connectivity index (χ4v) is 2.22. The van der Waals surface area contributed by atoms with Crippen molar-refractivity contribution in [2.75, 3.05) is 13.1 Å². The zero-order chi connectivity index (χ0) is 15.1. The molecule has 0 aromatic carbocycles. The van der Waals surface area contributed by atoms with Crippen LogP contribution < -0.4 is 5.73 Å². The van der Waals surface area contributed by atoms with E-state index in [4.69, 9.17) is 18.0 Å². The van der Waals surface area contributed by atoms with Crippen LogP contribution in [0.1, 0.15) is 39.9 Å². The smallest absolute Gasteiger partial charge is 0.141 e. The molecule has 6 heteroatoms. The minimum atomic E-state index is 0.561. The minimum absolute atomic E-state index is 0.561. The van der Waals surface area contributed by atoms with Gasteiger partial charge in [-0.25, -0.2) is 9.67 Å². The van der Waals surface area contributed by atoms with Crippen molar-refractivity contribution >= 4 is 17.2 Å². The molecule has 2 N–H and O–H groups in total. The second kappa shape index (κ2) is 8.32. The second-order valence-corrected chi connectivity index (χ2v) is 6.62. The van der Waals surface area contributed by atoms with Crippen LogP contribution in [-0.4, -0.2) is 37.7 Å². The molecule has 0 saturated carbocycles. The van der Waals surface area contributed by atoms with Gasteiger partial charge in [0, 0.05) is 26.1 Å². The predicted molar refractivity (Wildman–Crippen MR) is 86.4 cm³/mol. The van der Waals surface area contributed by atoms with E-state index < -0.39 is 0 Å². The normalized spacial score (nSPS) is 11.8. The Morgan fingerprint density at radius 1 is 1.35 bits per heavy atom. The first-order valence-electron chi connectivity index (χ1n) is 7.25. The molecule has 0 radical (unpaired) electrons. The van der Waals surface area contributed by atoms with Gasteiger partial charge in [0.05, 0.1) is 11.5 Å². The number of hydrogen-bond donors (Lipinski definition) is 1. The second-order valence-electron chi connectivity index (χ2n) is 6.10. The quantitative estimate of drug-likeness (QED) is 0.707. The van der Waals surface area contributed by atoms with Gasteiger partial charge in [-0.05, 0) is 11.8 Å². The molecule has 0 bridgehead atoms. The van der Waals surface area contributed by atoms with E-state index in [0.29, 0.717) is 16.8 Å². The van der Waals surface area contributed by atoms with Crippen LogP contribution in [0.4, 0.5) is 0 Å². The lowest BCUT2D eigenvalue weighted by atomic mass is 10.2. The van der Waals surface area contributed by atoms with Crippen LogP contribution >= 0.6 is 12.2 Å². The predicted octanol–water partition coefficient (Wildman–Crippen LogP) is 2.07. The number of nitrogens with two attached hydrogens (primary N) is 1. The number of nitrogens with zero attached hydrogens (tertiary/aromatic N) is 4. The summed E-state index contributed by atoms with van der Waals surface area (Å²) in [7, 11) is 0. The number of rotatable bonds is 9. The van der Waals surface area contributed by atoms with Crippen molar-refractivity contribution in [3.05, 3.63) is 12.2 Å². The van der Waals surface area contributed by atoms with Crippen molar-refractivity contribution in [3.63, 3.8) is 0 Å². The minimum Gasteiger partial charge on any atom is -0.393 e. The molecule has 0 aliphatic heterocycles. The highest BCUT2D eigenvalue weighted by Crippen LogP contribution is 2.08. The van der Waals surface area contributed by atoms with E-state index in [1.54, 1.807) is 6.33 Å². The molecular weight excluding hydrogens is 270 g/mol. The largest absolute Gasteiger partial charge is 0.393 e. The van der Waals surface area contributed by atoms with Gasteiger partial charge in [0.15, 0.2) is 0 Å². The highest BCUT2D eigenvalue weighted by molar-refractivity contribution is 7.80. The van der Waals surface area contributed by atoms with Crippen LogP contribution in [0.25, 0.3) is 0 Å². The van der Waals surface area contributed by atoms with Crippen LogP contribution in [0.2, 0.25) is 0 Å².